The van der Waals surface area contributed by atoms with E-state index in [9.17, 15) is 9.59 Å². The summed E-state index contributed by atoms with van der Waals surface area (Å²) in [5.74, 6) is 2.78. The molecule has 0 radical (unpaired) electrons. The molecule has 2 N–H and O–H groups in total. The third-order valence-corrected chi connectivity index (χ3v) is 6.43. The zero-order chi connectivity index (χ0) is 27.9. The van der Waals surface area contributed by atoms with E-state index in [4.69, 9.17) is 9.47 Å². The van der Waals surface area contributed by atoms with Gasteiger partial charge in [0.05, 0.1) is 14.2 Å². The number of nitrogens with one attached hydrogen (secondary N) is 2. The van der Waals surface area contributed by atoms with Crippen LogP contribution >= 0.6 is 0 Å². The van der Waals surface area contributed by atoms with Crippen LogP contribution in [0.15, 0.2) is 49.2 Å². The van der Waals surface area contributed by atoms with Crippen LogP contribution in [0, 0.1) is 6.92 Å². The minimum absolute atomic E-state index is 0.0746. The number of methoxy groups -OCH3 is 2. The summed E-state index contributed by atoms with van der Waals surface area (Å²) in [5.41, 5.74) is 3.03. The Kier molecular flexibility index (Phi) is 8.60. The van der Waals surface area contributed by atoms with Crippen molar-refractivity contribution in [1.29, 1.82) is 0 Å². The third-order valence-electron chi connectivity index (χ3n) is 6.43. The van der Waals surface area contributed by atoms with Crippen molar-refractivity contribution in [2.24, 2.45) is 0 Å². The summed E-state index contributed by atoms with van der Waals surface area (Å²) in [6.45, 7) is 9.68. The highest BCUT2D eigenvalue weighted by atomic mass is 16.5. The van der Waals surface area contributed by atoms with Crippen LogP contribution in [0.4, 0.5) is 29.0 Å². The first-order valence-electron chi connectivity index (χ1n) is 12.6. The number of carbonyl (C=O) groups is 2. The topological polar surface area (TPSA) is 122 Å². The van der Waals surface area contributed by atoms with E-state index in [1.54, 1.807) is 33.4 Å². The molecule has 0 atom stereocenters. The second-order valence-electron chi connectivity index (χ2n) is 9.10. The molecule has 1 aliphatic rings. The largest absolute Gasteiger partial charge is 0.497 e. The number of rotatable bonds is 10. The Balaban J connectivity index is 1.57. The fourth-order valence-corrected chi connectivity index (χ4v) is 4.19. The molecule has 204 valence electrons. The fourth-order valence-electron chi connectivity index (χ4n) is 4.19. The van der Waals surface area contributed by atoms with Gasteiger partial charge in [-0.1, -0.05) is 6.58 Å². The number of piperazine rings is 1. The quantitative estimate of drug-likeness (QED) is 0.375. The van der Waals surface area contributed by atoms with E-state index in [1.807, 2.05) is 36.1 Å². The molecule has 11 nitrogen and oxygen atoms in total. The zero-order valence-corrected chi connectivity index (χ0v) is 22.7. The number of hydrogen-bond donors (Lipinski definition) is 2. The summed E-state index contributed by atoms with van der Waals surface area (Å²) < 4.78 is 10.8. The van der Waals surface area contributed by atoms with E-state index in [0.717, 1.165) is 22.6 Å². The number of ether oxygens (including phenoxy) is 2. The van der Waals surface area contributed by atoms with Gasteiger partial charge in [0, 0.05) is 74.8 Å². The van der Waals surface area contributed by atoms with Crippen LogP contribution in [0.3, 0.4) is 0 Å². The predicted octanol–water partition coefficient (Wildman–Crippen LogP) is 3.65. The highest BCUT2D eigenvalue weighted by molar-refractivity contribution is 5.92. The van der Waals surface area contributed by atoms with E-state index in [1.165, 1.54) is 6.08 Å². The molecule has 0 bridgehead atoms. The lowest BCUT2D eigenvalue weighted by molar-refractivity contribution is -0.129. The van der Waals surface area contributed by atoms with Crippen LogP contribution in [0.25, 0.3) is 0 Å². The van der Waals surface area contributed by atoms with E-state index >= 15 is 0 Å². The first-order valence-corrected chi connectivity index (χ1v) is 12.6. The monoisotopic (exact) mass is 531 g/mol. The van der Waals surface area contributed by atoms with Gasteiger partial charge in [0.25, 0.3) is 0 Å². The molecule has 4 rings (SSSR count). The second-order valence-corrected chi connectivity index (χ2v) is 9.10. The average Bonchev–Trinajstić information content (AvgIpc) is 2.95. The maximum absolute atomic E-state index is 12.1. The van der Waals surface area contributed by atoms with Crippen LogP contribution in [0.5, 0.6) is 11.6 Å². The van der Waals surface area contributed by atoms with Crippen LogP contribution < -0.4 is 25.0 Å². The summed E-state index contributed by atoms with van der Waals surface area (Å²) >= 11 is 0. The van der Waals surface area contributed by atoms with Gasteiger partial charge in [-0.3, -0.25) is 9.59 Å². The smallest absolute Gasteiger partial charge is 0.229 e. The number of hydrogen-bond acceptors (Lipinski definition) is 10. The van der Waals surface area contributed by atoms with E-state index < -0.39 is 0 Å². The van der Waals surface area contributed by atoms with Crippen molar-refractivity contribution < 1.29 is 19.1 Å². The van der Waals surface area contributed by atoms with E-state index in [-0.39, 0.29) is 18.1 Å². The molecule has 1 amide bonds. The lowest BCUT2D eigenvalue weighted by atomic mass is 10.1. The lowest BCUT2D eigenvalue weighted by Crippen LogP contribution is -2.48. The number of pyridine rings is 1. The standard InChI is InChI=1S/C28H33N7O4/c1-6-22(37)13-20-14-23(38-4)7-8-24(20)31-27-18(2)17-29-28(33-27)30-21-15-25(32-26(16-21)39-5)35-11-9-34(10-12-35)19(3)36/h6-8,14-17H,1,9-13H2,2-5H3,(H2,29,30,31,32,33). The number of aromatic nitrogens is 3. The molecule has 3 heterocycles. The molecular formula is C28H33N7O4. The Morgan fingerprint density at radius 2 is 1.82 bits per heavy atom. The summed E-state index contributed by atoms with van der Waals surface area (Å²) in [4.78, 5) is 41.4. The normalized spacial score (nSPS) is 13.0. The number of ketones is 1. The summed E-state index contributed by atoms with van der Waals surface area (Å²) in [6, 6.07) is 9.17. The highest BCUT2D eigenvalue weighted by Gasteiger charge is 2.21. The third kappa shape index (κ3) is 6.81. The molecule has 0 aliphatic carbocycles. The molecule has 2 aromatic heterocycles. The highest BCUT2D eigenvalue weighted by Crippen LogP contribution is 2.29. The number of benzene rings is 1. The van der Waals surface area contributed by atoms with E-state index in [2.05, 4.69) is 37.1 Å². The maximum atomic E-state index is 12.1. The number of carbonyl (C=O) groups excluding carboxylic acids is 2. The molecule has 1 aromatic carbocycles. The fraction of sp³-hybridized carbons (Fsp3) is 0.321. The van der Waals surface area contributed by atoms with Gasteiger partial charge in [0.15, 0.2) is 5.78 Å². The number of nitrogens with zero attached hydrogens (tertiary/aromatic N) is 5. The number of aryl methyl sites for hydroxylation is 1. The molecule has 0 unspecified atom stereocenters. The Morgan fingerprint density at radius 3 is 2.49 bits per heavy atom. The van der Waals surface area contributed by atoms with Gasteiger partial charge in [0.2, 0.25) is 17.7 Å². The van der Waals surface area contributed by atoms with Crippen molar-refractivity contribution in [3.63, 3.8) is 0 Å². The predicted molar refractivity (Wildman–Crippen MR) is 150 cm³/mol. The van der Waals surface area contributed by atoms with Gasteiger partial charge in [0.1, 0.15) is 17.4 Å². The Hall–Kier alpha value is -4.67. The van der Waals surface area contributed by atoms with Gasteiger partial charge in [-0.05, 0) is 36.8 Å². The SMILES string of the molecule is C=CC(=O)Cc1cc(OC)ccc1Nc1nc(Nc2cc(OC)nc(N3CCN(C(C)=O)CC3)c2)ncc1C. The zero-order valence-electron chi connectivity index (χ0n) is 22.7. The minimum atomic E-state index is -0.0989. The van der Waals surface area contributed by atoms with Gasteiger partial charge < -0.3 is 29.9 Å². The van der Waals surface area contributed by atoms with Gasteiger partial charge >= 0.3 is 0 Å². The van der Waals surface area contributed by atoms with Crippen molar-refractivity contribution in [2.75, 3.05) is 55.9 Å². The first kappa shape index (κ1) is 27.4. The van der Waals surface area contributed by atoms with Crippen LogP contribution in [-0.4, -0.2) is 71.9 Å². The Morgan fingerprint density at radius 1 is 1.05 bits per heavy atom. The number of amides is 1. The molecule has 1 aliphatic heterocycles. The summed E-state index contributed by atoms with van der Waals surface area (Å²) in [6.07, 6.45) is 3.20. The Bertz CT molecular complexity index is 1370. The molecule has 0 saturated carbocycles. The second kappa shape index (κ2) is 12.2. The molecule has 1 fully saturated rings. The summed E-state index contributed by atoms with van der Waals surface area (Å²) in [5, 5.41) is 6.59. The maximum Gasteiger partial charge on any atom is 0.229 e. The number of anilines is 5. The average molecular weight is 532 g/mol. The Labute approximate surface area is 227 Å². The molecule has 11 heteroatoms. The first-order chi connectivity index (χ1) is 18.8. The van der Waals surface area contributed by atoms with Gasteiger partial charge in [-0.25, -0.2) is 4.98 Å². The lowest BCUT2D eigenvalue weighted by Gasteiger charge is -2.35. The van der Waals surface area contributed by atoms with Crippen LogP contribution in [0.1, 0.15) is 18.1 Å². The van der Waals surface area contributed by atoms with Crippen molar-refractivity contribution in [2.45, 2.75) is 20.3 Å². The minimum Gasteiger partial charge on any atom is -0.497 e. The van der Waals surface area contributed by atoms with Crippen molar-refractivity contribution in [3.05, 3.63) is 60.3 Å². The summed E-state index contributed by atoms with van der Waals surface area (Å²) in [7, 11) is 3.15. The van der Waals surface area contributed by atoms with Crippen molar-refractivity contribution >= 4 is 40.6 Å². The molecule has 3 aromatic rings. The molecule has 39 heavy (non-hydrogen) atoms. The molecule has 1 saturated heterocycles. The molecule has 0 spiro atoms. The van der Waals surface area contributed by atoms with Crippen LogP contribution in [-0.2, 0) is 16.0 Å². The van der Waals surface area contributed by atoms with Crippen LogP contribution in [0.2, 0.25) is 0 Å². The van der Waals surface area contributed by atoms with Gasteiger partial charge in [-0.2, -0.15) is 9.97 Å². The number of allylic oxidation sites excluding steroid dienone is 1. The van der Waals surface area contributed by atoms with Gasteiger partial charge in [-0.15, -0.1) is 0 Å². The van der Waals surface area contributed by atoms with E-state index in [0.29, 0.717) is 55.3 Å². The van der Waals surface area contributed by atoms with Crippen molar-refractivity contribution in [3.8, 4) is 11.6 Å². The van der Waals surface area contributed by atoms with Crippen molar-refractivity contribution in [1.82, 2.24) is 19.9 Å². The molecular weight excluding hydrogens is 498 g/mol.